The molecule has 0 amide bonds. The zero-order chi connectivity index (χ0) is 41.1. The van der Waals surface area contributed by atoms with Crippen LogP contribution in [0.3, 0.4) is 0 Å². The molecule has 0 spiro atoms. The summed E-state index contributed by atoms with van der Waals surface area (Å²) in [7, 11) is 0. The maximum Gasteiger partial charge on any atom is 0.334 e. The van der Waals surface area contributed by atoms with Crippen LogP contribution >= 0.6 is 0 Å². The fourth-order valence-corrected chi connectivity index (χ4v) is 7.78. The number of cyclic esters (lactones) is 1. The highest BCUT2D eigenvalue weighted by Crippen LogP contribution is 2.31. The molecule has 1 saturated heterocycles. The Labute approximate surface area is 337 Å². The van der Waals surface area contributed by atoms with Crippen molar-refractivity contribution in [3.05, 3.63) is 23.8 Å². The van der Waals surface area contributed by atoms with Crippen LogP contribution in [0.1, 0.15) is 189 Å². The summed E-state index contributed by atoms with van der Waals surface area (Å²) in [4.78, 5) is 60.2. The van der Waals surface area contributed by atoms with Crippen molar-refractivity contribution in [2.45, 2.75) is 232 Å². The van der Waals surface area contributed by atoms with E-state index in [1.807, 2.05) is 0 Å². The van der Waals surface area contributed by atoms with Gasteiger partial charge < -0.3 is 28.4 Å². The van der Waals surface area contributed by atoms with Crippen LogP contribution in [0.25, 0.3) is 0 Å². The van der Waals surface area contributed by atoms with E-state index < -0.39 is 36.2 Å². The summed E-state index contributed by atoms with van der Waals surface area (Å²) in [5.41, 5.74) is 0.555. The SMILES string of the molecule is CCCCCCCCCCCC/C=C\CC[C@@H](OC(C)=O)[C@@H](CC[C@H](OC(C)=O)[C@@H]1CC[C@@H](CCCCCC(CC2=CC(C)OC2=O)OC(C)=O)O1)OC(C)=O. The van der Waals surface area contributed by atoms with Gasteiger partial charge in [-0.2, -0.15) is 0 Å². The standard InChI is InChI=1S/C45H74O11/c1-7-8-9-10-11-12-13-14-15-16-17-18-19-23-26-41(53-35(4)47)42(54-36(5)48)29-30-43(55-37(6)49)44-28-27-39(56-44)24-21-20-22-25-40(52-34(3)46)32-38-31-33(2)51-45(38)50/h18-19,31,33,39-44H,7-17,20-30,32H2,1-6H3/b19-18-/t33?,39-,40?,41-,42-,43+,44+/m1/s1. The summed E-state index contributed by atoms with van der Waals surface area (Å²) in [6, 6.07) is 0. The van der Waals surface area contributed by atoms with Crippen LogP contribution in [0.15, 0.2) is 23.8 Å². The van der Waals surface area contributed by atoms with Gasteiger partial charge in [0.05, 0.1) is 12.2 Å². The molecule has 0 N–H and O–H groups in total. The third kappa shape index (κ3) is 22.5. The van der Waals surface area contributed by atoms with Gasteiger partial charge in [0.1, 0.15) is 30.5 Å². The molecule has 2 unspecified atom stereocenters. The van der Waals surface area contributed by atoms with Crippen LogP contribution in [-0.4, -0.2) is 72.6 Å². The van der Waals surface area contributed by atoms with Crippen molar-refractivity contribution in [3.8, 4) is 0 Å². The molecule has 1 fully saturated rings. The molecule has 11 heteroatoms. The molecular formula is C45H74O11. The second kappa shape index (κ2) is 29.1. The lowest BCUT2D eigenvalue weighted by molar-refractivity contribution is -0.168. The van der Waals surface area contributed by atoms with E-state index in [0.717, 1.165) is 51.4 Å². The van der Waals surface area contributed by atoms with Crippen molar-refractivity contribution in [1.29, 1.82) is 0 Å². The summed E-state index contributed by atoms with van der Waals surface area (Å²) in [5, 5.41) is 0. The van der Waals surface area contributed by atoms with Crippen molar-refractivity contribution in [2.24, 2.45) is 0 Å². The van der Waals surface area contributed by atoms with Crippen LogP contribution < -0.4 is 0 Å². The van der Waals surface area contributed by atoms with E-state index >= 15 is 0 Å². The molecule has 2 rings (SSSR count). The fraction of sp³-hybridized carbons (Fsp3) is 0.800. The molecule has 0 aromatic carbocycles. The Morgan fingerprint density at radius 2 is 1.25 bits per heavy atom. The molecule has 0 aromatic heterocycles. The first-order valence-electron chi connectivity index (χ1n) is 21.8. The molecule has 2 aliphatic heterocycles. The van der Waals surface area contributed by atoms with Crippen LogP contribution in [-0.2, 0) is 52.4 Å². The quantitative estimate of drug-likeness (QED) is 0.0287. The maximum absolute atomic E-state index is 12.2. The smallest absolute Gasteiger partial charge is 0.334 e. The maximum atomic E-state index is 12.2. The Kier molecular flexibility index (Phi) is 25.4. The van der Waals surface area contributed by atoms with Gasteiger partial charge in [0.15, 0.2) is 0 Å². The van der Waals surface area contributed by atoms with Gasteiger partial charge in [-0.25, -0.2) is 4.79 Å². The number of allylic oxidation sites excluding steroid dienone is 2. The predicted molar refractivity (Wildman–Crippen MR) is 216 cm³/mol. The third-order valence-electron chi connectivity index (χ3n) is 10.5. The molecule has 0 bridgehead atoms. The molecule has 2 aliphatic rings. The second-order valence-corrected chi connectivity index (χ2v) is 15.8. The summed E-state index contributed by atoms with van der Waals surface area (Å²) < 4.78 is 34.2. The topological polar surface area (TPSA) is 141 Å². The first kappa shape index (κ1) is 48.9. The summed E-state index contributed by atoms with van der Waals surface area (Å²) in [5.74, 6) is -2.03. The predicted octanol–water partition coefficient (Wildman–Crippen LogP) is 9.90. The van der Waals surface area contributed by atoms with Gasteiger partial charge in [-0.1, -0.05) is 89.7 Å². The second-order valence-electron chi connectivity index (χ2n) is 15.8. The molecule has 0 aromatic rings. The molecular weight excluding hydrogens is 716 g/mol. The number of hydrogen-bond donors (Lipinski definition) is 0. The minimum absolute atomic E-state index is 0.0207. The summed E-state index contributed by atoms with van der Waals surface area (Å²) in [6.07, 6.45) is 25.4. The van der Waals surface area contributed by atoms with Gasteiger partial charge >= 0.3 is 29.8 Å². The van der Waals surface area contributed by atoms with Gasteiger partial charge in [-0.3, -0.25) is 19.2 Å². The zero-order valence-electron chi connectivity index (χ0n) is 35.5. The summed E-state index contributed by atoms with van der Waals surface area (Å²) >= 11 is 0. The Morgan fingerprint density at radius 3 is 1.84 bits per heavy atom. The van der Waals surface area contributed by atoms with Crippen LogP contribution in [0, 0.1) is 0 Å². The lowest BCUT2D eigenvalue weighted by Crippen LogP contribution is -2.37. The van der Waals surface area contributed by atoms with E-state index in [2.05, 4.69) is 19.1 Å². The van der Waals surface area contributed by atoms with Crippen LogP contribution in [0.4, 0.5) is 0 Å². The van der Waals surface area contributed by atoms with Crippen LogP contribution in [0.5, 0.6) is 0 Å². The largest absolute Gasteiger partial charge is 0.462 e. The first-order valence-corrected chi connectivity index (χ1v) is 21.8. The minimum Gasteiger partial charge on any atom is -0.462 e. The van der Waals surface area contributed by atoms with E-state index in [1.54, 1.807) is 13.0 Å². The van der Waals surface area contributed by atoms with E-state index in [0.29, 0.717) is 44.1 Å². The van der Waals surface area contributed by atoms with E-state index in [1.165, 1.54) is 85.5 Å². The fourth-order valence-electron chi connectivity index (χ4n) is 7.78. The van der Waals surface area contributed by atoms with Gasteiger partial charge in [0.2, 0.25) is 0 Å². The number of rotatable bonds is 31. The molecule has 2 heterocycles. The van der Waals surface area contributed by atoms with Gasteiger partial charge in [-0.15, -0.1) is 0 Å². The Hall–Kier alpha value is -3.21. The highest BCUT2D eigenvalue weighted by molar-refractivity contribution is 5.91. The highest BCUT2D eigenvalue weighted by Gasteiger charge is 2.36. The number of esters is 5. The van der Waals surface area contributed by atoms with Crippen molar-refractivity contribution >= 4 is 29.8 Å². The number of carbonyl (C=O) groups excluding carboxylic acids is 5. The lowest BCUT2D eigenvalue weighted by atomic mass is 9.97. The van der Waals surface area contributed by atoms with Crippen molar-refractivity contribution < 1.29 is 52.4 Å². The first-order chi connectivity index (χ1) is 26.9. The molecule has 0 saturated carbocycles. The zero-order valence-corrected chi connectivity index (χ0v) is 35.5. The highest BCUT2D eigenvalue weighted by atomic mass is 16.6. The van der Waals surface area contributed by atoms with Crippen molar-refractivity contribution in [2.75, 3.05) is 0 Å². The summed E-state index contributed by atoms with van der Waals surface area (Å²) in [6.45, 7) is 9.51. The normalized spacial score (nSPS) is 20.2. The lowest BCUT2D eigenvalue weighted by Gasteiger charge is -2.29. The Morgan fingerprint density at radius 1 is 0.679 bits per heavy atom. The Bertz CT molecular complexity index is 1230. The molecule has 0 radical (unpaired) electrons. The molecule has 11 nitrogen and oxygen atoms in total. The number of unbranched alkanes of at least 4 members (excludes halogenated alkanes) is 12. The van der Waals surface area contributed by atoms with E-state index in [-0.39, 0.29) is 36.4 Å². The van der Waals surface area contributed by atoms with Gasteiger partial charge in [0.25, 0.3) is 0 Å². The average Bonchev–Trinajstić information content (AvgIpc) is 3.72. The van der Waals surface area contributed by atoms with Crippen molar-refractivity contribution in [1.82, 2.24) is 0 Å². The van der Waals surface area contributed by atoms with Crippen LogP contribution in [0.2, 0.25) is 0 Å². The van der Waals surface area contributed by atoms with Crippen molar-refractivity contribution in [3.63, 3.8) is 0 Å². The molecule has 0 aliphatic carbocycles. The monoisotopic (exact) mass is 791 g/mol. The van der Waals surface area contributed by atoms with Gasteiger partial charge in [-0.05, 0) is 83.6 Å². The van der Waals surface area contributed by atoms with E-state index in [4.69, 9.17) is 28.4 Å². The number of carbonyl (C=O) groups is 5. The average molecular weight is 791 g/mol. The third-order valence-corrected chi connectivity index (χ3v) is 10.5. The molecule has 56 heavy (non-hydrogen) atoms. The number of ether oxygens (including phenoxy) is 6. The molecule has 7 atom stereocenters. The van der Waals surface area contributed by atoms with E-state index in [9.17, 15) is 24.0 Å². The van der Waals surface area contributed by atoms with Gasteiger partial charge in [0, 0.05) is 39.7 Å². The minimum atomic E-state index is -0.683. The number of hydrogen-bond acceptors (Lipinski definition) is 11. The molecule has 320 valence electrons. The Balaban J connectivity index is 1.82.